The molecule has 0 atom stereocenters. The first-order valence-electron chi connectivity index (χ1n) is 9.40. The van der Waals surface area contributed by atoms with Gasteiger partial charge in [-0.3, -0.25) is 14.3 Å². The number of hydrogen-bond donors (Lipinski definition) is 2. The molecule has 2 aromatic rings. The van der Waals surface area contributed by atoms with Crippen LogP contribution in [0.3, 0.4) is 0 Å². The van der Waals surface area contributed by atoms with Gasteiger partial charge in [0.05, 0.1) is 0 Å². The summed E-state index contributed by atoms with van der Waals surface area (Å²) in [7, 11) is 0.643. The van der Waals surface area contributed by atoms with Gasteiger partial charge in [0.2, 0.25) is 5.91 Å². The number of benzene rings is 1. The molecule has 2 amide bonds. The molecule has 180 valence electrons. The van der Waals surface area contributed by atoms with Crippen LogP contribution in [-0.4, -0.2) is 27.8 Å². The zero-order valence-electron chi connectivity index (χ0n) is 16.7. The molecule has 1 aliphatic rings. The number of carbonyl (C=O) groups excluding carboxylic acids is 2. The summed E-state index contributed by atoms with van der Waals surface area (Å²) >= 11 is 0. The second kappa shape index (κ2) is 8.30. The molecule has 6 nitrogen and oxygen atoms in total. The van der Waals surface area contributed by atoms with E-state index < -0.39 is 41.1 Å². The largest absolute Gasteiger partial charge is 0.459 e. The lowest BCUT2D eigenvalue weighted by Gasteiger charge is -2.19. The highest BCUT2D eigenvalue weighted by Gasteiger charge is 2.64. The molecule has 1 aliphatic carbocycles. The first-order valence-corrected chi connectivity index (χ1v) is 9.40. The van der Waals surface area contributed by atoms with Crippen molar-refractivity contribution in [3.63, 3.8) is 0 Å². The maximum absolute atomic E-state index is 13.7. The lowest BCUT2D eigenvalue weighted by Crippen LogP contribution is -2.36. The Morgan fingerprint density at radius 2 is 1.73 bits per heavy atom. The van der Waals surface area contributed by atoms with Crippen LogP contribution in [0.5, 0.6) is 0 Å². The monoisotopic (exact) mass is 484 g/mol. The van der Waals surface area contributed by atoms with Crippen LogP contribution in [0.1, 0.15) is 40.2 Å². The molecule has 0 saturated heterocycles. The molecule has 0 radical (unpaired) electrons. The second-order valence-corrected chi connectivity index (χ2v) is 7.41. The van der Waals surface area contributed by atoms with E-state index in [9.17, 15) is 44.7 Å². The van der Waals surface area contributed by atoms with Crippen LogP contribution in [0.25, 0.3) is 0 Å². The molecule has 1 aromatic heterocycles. The van der Waals surface area contributed by atoms with Crippen molar-refractivity contribution in [2.45, 2.75) is 37.7 Å². The smallest absolute Gasteiger partial charge is 0.352 e. The normalized spacial score (nSPS) is 14.8. The summed E-state index contributed by atoms with van der Waals surface area (Å²) in [4.78, 5) is 24.2. The highest BCUT2D eigenvalue weighted by Crippen LogP contribution is 2.48. The van der Waals surface area contributed by atoms with E-state index in [1.165, 1.54) is 18.2 Å². The van der Waals surface area contributed by atoms with Crippen molar-refractivity contribution in [3.8, 4) is 0 Å². The van der Waals surface area contributed by atoms with Gasteiger partial charge < -0.3 is 10.6 Å². The average molecular weight is 484 g/mol. The van der Waals surface area contributed by atoms with Gasteiger partial charge in [0.1, 0.15) is 11.3 Å². The number of aromatic nitrogens is 2. The predicted molar refractivity (Wildman–Crippen MR) is 97.1 cm³/mol. The minimum absolute atomic E-state index is 0.0207. The Labute approximate surface area is 180 Å². The minimum Gasteiger partial charge on any atom is -0.352 e. The summed E-state index contributed by atoms with van der Waals surface area (Å²) < 4.78 is 106. The van der Waals surface area contributed by atoms with E-state index in [0.29, 0.717) is 12.6 Å². The molecule has 1 heterocycles. The molecule has 2 N–H and O–H groups in total. The van der Waals surface area contributed by atoms with Crippen molar-refractivity contribution in [3.05, 3.63) is 46.8 Å². The van der Waals surface area contributed by atoms with Crippen molar-refractivity contribution in [2.75, 3.05) is 5.32 Å². The van der Waals surface area contributed by atoms with Crippen LogP contribution in [0.4, 0.5) is 40.8 Å². The number of nitrogens with zero attached hydrogens (tertiary/aromatic N) is 2. The first kappa shape index (κ1) is 24.5. The number of halogens is 8. The molecule has 1 aromatic carbocycles. The highest BCUT2D eigenvalue weighted by molar-refractivity contribution is 6.04. The molecular formula is C19H16F8N4O2. The van der Waals surface area contributed by atoms with Crippen molar-refractivity contribution < 1.29 is 44.7 Å². The zero-order valence-corrected chi connectivity index (χ0v) is 16.7. The Kier molecular flexibility index (Phi) is 6.15. The van der Waals surface area contributed by atoms with Crippen LogP contribution in [0.2, 0.25) is 0 Å². The number of aryl methyl sites for hydroxylation is 1. The Morgan fingerprint density at radius 1 is 1.09 bits per heavy atom. The zero-order chi connectivity index (χ0) is 24.8. The van der Waals surface area contributed by atoms with Crippen molar-refractivity contribution in [2.24, 2.45) is 13.0 Å². The highest BCUT2D eigenvalue weighted by atomic mass is 19.4. The standard InChI is InChI=1S/C19H16F8N4O2/c1-31-13(12(18(22,23)24)14(30-31)17(20,21)19(25,26)27)16(33)29-11-4-2-3-9(7-11)8-28-15(32)10-5-6-10/h2-4,7,10H,5-6,8H2,1H3,(H,28,32)(H,29,33). The molecule has 3 rings (SSSR count). The summed E-state index contributed by atoms with van der Waals surface area (Å²) in [6.45, 7) is 0.0561. The summed E-state index contributed by atoms with van der Waals surface area (Å²) in [5, 5.41) is 7.37. The van der Waals surface area contributed by atoms with Crippen molar-refractivity contribution in [1.29, 1.82) is 0 Å². The number of rotatable bonds is 6. The molecule has 1 fully saturated rings. The van der Waals surface area contributed by atoms with Gasteiger partial charge in [0.25, 0.3) is 5.91 Å². The number of nitrogens with one attached hydrogen (secondary N) is 2. The van der Waals surface area contributed by atoms with E-state index in [1.54, 1.807) is 6.07 Å². The van der Waals surface area contributed by atoms with E-state index in [4.69, 9.17) is 0 Å². The summed E-state index contributed by atoms with van der Waals surface area (Å²) in [6.07, 6.45) is -10.6. The SMILES string of the molecule is Cn1nc(C(F)(F)C(F)(F)F)c(C(F)(F)F)c1C(=O)Nc1cccc(CNC(=O)C2CC2)c1. The topological polar surface area (TPSA) is 76.0 Å². The Morgan fingerprint density at radius 3 is 2.27 bits per heavy atom. The molecule has 0 bridgehead atoms. The van der Waals surface area contributed by atoms with Gasteiger partial charge in [-0.25, -0.2) is 0 Å². The fourth-order valence-electron chi connectivity index (χ4n) is 3.04. The summed E-state index contributed by atoms with van der Waals surface area (Å²) in [6, 6.07) is 5.53. The van der Waals surface area contributed by atoms with Crippen LogP contribution >= 0.6 is 0 Å². The van der Waals surface area contributed by atoms with Crippen LogP contribution in [0, 0.1) is 5.92 Å². The molecule has 33 heavy (non-hydrogen) atoms. The van der Waals surface area contributed by atoms with Crippen LogP contribution < -0.4 is 10.6 Å². The van der Waals surface area contributed by atoms with Gasteiger partial charge in [-0.15, -0.1) is 0 Å². The Bertz CT molecular complexity index is 1070. The Balaban J connectivity index is 1.90. The van der Waals surface area contributed by atoms with Gasteiger partial charge >= 0.3 is 18.3 Å². The fourth-order valence-corrected chi connectivity index (χ4v) is 3.04. The third-order valence-corrected chi connectivity index (χ3v) is 4.80. The molecule has 0 unspecified atom stereocenters. The number of amides is 2. The van der Waals surface area contributed by atoms with Crippen molar-refractivity contribution >= 4 is 17.5 Å². The van der Waals surface area contributed by atoms with E-state index in [2.05, 4.69) is 10.4 Å². The maximum atomic E-state index is 13.7. The summed E-state index contributed by atoms with van der Waals surface area (Å²) in [5.41, 5.74) is -6.23. The van der Waals surface area contributed by atoms with Gasteiger partial charge in [-0.05, 0) is 30.5 Å². The molecule has 14 heteroatoms. The Hall–Kier alpha value is -3.19. The van der Waals surface area contributed by atoms with E-state index in [0.717, 1.165) is 12.8 Å². The van der Waals surface area contributed by atoms with E-state index in [-0.39, 0.29) is 28.7 Å². The van der Waals surface area contributed by atoms with Gasteiger partial charge in [-0.2, -0.15) is 40.2 Å². The minimum atomic E-state index is -6.37. The van der Waals surface area contributed by atoms with Gasteiger partial charge in [0, 0.05) is 25.2 Å². The molecule has 0 aliphatic heterocycles. The summed E-state index contributed by atoms with van der Waals surface area (Å²) in [5.74, 6) is -7.79. The number of alkyl halides is 8. The third-order valence-electron chi connectivity index (χ3n) is 4.80. The average Bonchev–Trinajstić information content (AvgIpc) is 3.46. The lowest BCUT2D eigenvalue weighted by atomic mass is 10.1. The maximum Gasteiger partial charge on any atom is 0.459 e. The first-order chi connectivity index (χ1) is 15.1. The lowest BCUT2D eigenvalue weighted by molar-refractivity contribution is -0.292. The predicted octanol–water partition coefficient (Wildman–Crippen LogP) is 4.37. The van der Waals surface area contributed by atoms with E-state index in [1.807, 2.05) is 5.32 Å². The third kappa shape index (κ3) is 5.09. The molecule has 0 spiro atoms. The van der Waals surface area contributed by atoms with Gasteiger partial charge in [0.15, 0.2) is 5.69 Å². The van der Waals surface area contributed by atoms with Gasteiger partial charge in [-0.1, -0.05) is 12.1 Å². The quantitative estimate of drug-likeness (QED) is 0.598. The van der Waals surface area contributed by atoms with Crippen LogP contribution in [0.15, 0.2) is 24.3 Å². The van der Waals surface area contributed by atoms with Crippen molar-refractivity contribution in [1.82, 2.24) is 15.1 Å². The number of carbonyl (C=O) groups is 2. The second-order valence-electron chi connectivity index (χ2n) is 7.41. The molecule has 1 saturated carbocycles. The number of anilines is 1. The number of hydrogen-bond acceptors (Lipinski definition) is 3. The molecular weight excluding hydrogens is 468 g/mol. The van der Waals surface area contributed by atoms with E-state index >= 15 is 0 Å². The van der Waals surface area contributed by atoms with Crippen LogP contribution in [-0.2, 0) is 30.5 Å². The fraction of sp³-hybridized carbons (Fsp3) is 0.421.